The highest BCUT2D eigenvalue weighted by Crippen LogP contribution is 2.36. The number of carbonyl (C=O) groups is 2. The number of hydrogen-bond donors (Lipinski definition) is 1. The van der Waals surface area contributed by atoms with Crippen molar-refractivity contribution >= 4 is 56.0 Å². The molecule has 4 aromatic carbocycles. The number of nitrogens with zero attached hydrogens (tertiary/aromatic N) is 2. The third kappa shape index (κ3) is 2.15. The van der Waals surface area contributed by atoms with E-state index in [4.69, 9.17) is 0 Å². The second-order valence-corrected chi connectivity index (χ2v) is 6.65. The van der Waals surface area contributed by atoms with Crippen molar-refractivity contribution in [1.82, 2.24) is 5.01 Å². The van der Waals surface area contributed by atoms with Crippen LogP contribution in [0.2, 0.25) is 0 Å². The van der Waals surface area contributed by atoms with Crippen LogP contribution in [-0.4, -0.2) is 34.8 Å². The minimum absolute atomic E-state index is 0.0973. The second-order valence-electron chi connectivity index (χ2n) is 6.65. The first-order valence-electron chi connectivity index (χ1n) is 8.53. The van der Waals surface area contributed by atoms with Crippen LogP contribution in [0.25, 0.3) is 38.4 Å². The van der Waals surface area contributed by atoms with Crippen molar-refractivity contribution in [2.45, 2.75) is 0 Å². The molecule has 5 rings (SSSR count). The molecule has 1 aliphatic rings. The first-order valence-corrected chi connectivity index (χ1v) is 8.53. The third-order valence-electron chi connectivity index (χ3n) is 5.09. The third-order valence-corrected chi connectivity index (χ3v) is 5.09. The molecule has 0 spiro atoms. The molecule has 0 bridgehead atoms. The lowest BCUT2D eigenvalue weighted by Crippen LogP contribution is -2.19. The molecule has 0 atom stereocenters. The fourth-order valence-electron chi connectivity index (χ4n) is 3.85. The van der Waals surface area contributed by atoms with Gasteiger partial charge in [-0.3, -0.25) is 4.79 Å². The maximum atomic E-state index is 12.4. The van der Waals surface area contributed by atoms with Gasteiger partial charge in [0, 0.05) is 7.05 Å². The van der Waals surface area contributed by atoms with Crippen LogP contribution in [0.4, 0.5) is 0 Å². The lowest BCUT2D eigenvalue weighted by molar-refractivity contribution is -0.129. The lowest BCUT2D eigenvalue weighted by atomic mass is 9.91. The highest BCUT2D eigenvalue weighted by Gasteiger charge is 2.32. The number of carboxylic acid groups (broad SMARTS) is 1. The summed E-state index contributed by atoms with van der Waals surface area (Å²) in [6.45, 7) is 0. The summed E-state index contributed by atoms with van der Waals surface area (Å²) in [6.07, 6.45) is 1.63. The predicted octanol–water partition coefficient (Wildman–Crippen LogP) is 3.88. The second kappa shape index (κ2) is 5.38. The average molecular weight is 354 g/mol. The average Bonchev–Trinajstić information content (AvgIpc) is 2.96. The Bertz CT molecular complexity index is 1320. The fraction of sp³-hybridized carbons (Fsp3) is 0.0455. The van der Waals surface area contributed by atoms with Crippen LogP contribution in [0, 0.1) is 0 Å². The molecule has 0 aromatic heterocycles. The van der Waals surface area contributed by atoms with E-state index in [1.54, 1.807) is 6.08 Å². The Morgan fingerprint density at radius 3 is 2.30 bits per heavy atom. The van der Waals surface area contributed by atoms with E-state index < -0.39 is 11.9 Å². The molecule has 5 heteroatoms. The number of rotatable bonds is 2. The number of carboxylic acids is 1. The quantitative estimate of drug-likeness (QED) is 0.439. The number of amides is 1. The van der Waals surface area contributed by atoms with E-state index in [9.17, 15) is 14.7 Å². The molecule has 0 aliphatic carbocycles. The Morgan fingerprint density at radius 2 is 1.59 bits per heavy atom. The zero-order chi connectivity index (χ0) is 18.7. The number of likely N-dealkylation sites (N-methyl/N-ethyl adjacent to an activating group) is 1. The van der Waals surface area contributed by atoms with Crippen LogP contribution in [0.1, 0.15) is 5.56 Å². The van der Waals surface area contributed by atoms with Crippen LogP contribution >= 0.6 is 0 Å². The molecule has 1 amide bonds. The molecule has 4 aromatic rings. The molecule has 0 saturated carbocycles. The van der Waals surface area contributed by atoms with E-state index in [1.807, 2.05) is 24.3 Å². The summed E-state index contributed by atoms with van der Waals surface area (Å²) in [6, 6.07) is 18.4. The predicted molar refractivity (Wildman–Crippen MR) is 106 cm³/mol. The molecule has 1 aliphatic heterocycles. The SMILES string of the molecule is CN1N=C(C(=O)O)/C(=C/c2ccc3ccc4cccc5ccc2c3c45)C1=O. The number of benzene rings is 4. The summed E-state index contributed by atoms with van der Waals surface area (Å²) in [5.74, 6) is -1.63. The first-order chi connectivity index (χ1) is 13.0. The zero-order valence-corrected chi connectivity index (χ0v) is 14.4. The van der Waals surface area contributed by atoms with Gasteiger partial charge < -0.3 is 5.11 Å². The van der Waals surface area contributed by atoms with Crippen LogP contribution in [0.3, 0.4) is 0 Å². The minimum atomic E-state index is -1.21. The van der Waals surface area contributed by atoms with Gasteiger partial charge >= 0.3 is 5.97 Å². The van der Waals surface area contributed by atoms with Crippen molar-refractivity contribution in [3.63, 3.8) is 0 Å². The summed E-state index contributed by atoms with van der Waals surface area (Å²) in [5, 5.41) is 21.0. The molecule has 0 radical (unpaired) electrons. The maximum absolute atomic E-state index is 12.4. The summed E-state index contributed by atoms with van der Waals surface area (Å²) in [4.78, 5) is 23.9. The van der Waals surface area contributed by atoms with E-state index in [0.29, 0.717) is 0 Å². The molecule has 1 heterocycles. The smallest absolute Gasteiger partial charge is 0.357 e. The van der Waals surface area contributed by atoms with Gasteiger partial charge in [0.15, 0.2) is 5.71 Å². The van der Waals surface area contributed by atoms with Gasteiger partial charge in [-0.2, -0.15) is 5.10 Å². The van der Waals surface area contributed by atoms with Gasteiger partial charge in [0.05, 0.1) is 5.57 Å². The van der Waals surface area contributed by atoms with Gasteiger partial charge in [-0.15, -0.1) is 0 Å². The van der Waals surface area contributed by atoms with Gasteiger partial charge in [0.2, 0.25) is 0 Å². The topological polar surface area (TPSA) is 70.0 Å². The van der Waals surface area contributed by atoms with Crippen molar-refractivity contribution in [2.75, 3.05) is 7.05 Å². The molecule has 0 fully saturated rings. The maximum Gasteiger partial charge on any atom is 0.357 e. The van der Waals surface area contributed by atoms with Crippen molar-refractivity contribution in [3.05, 3.63) is 65.7 Å². The largest absolute Gasteiger partial charge is 0.476 e. The fourth-order valence-corrected chi connectivity index (χ4v) is 3.85. The van der Waals surface area contributed by atoms with Crippen molar-refractivity contribution < 1.29 is 14.7 Å². The Kier molecular flexibility index (Phi) is 3.09. The first kappa shape index (κ1) is 15.5. The van der Waals surface area contributed by atoms with E-state index in [1.165, 1.54) is 12.4 Å². The summed E-state index contributed by atoms with van der Waals surface area (Å²) >= 11 is 0. The van der Waals surface area contributed by atoms with Gasteiger partial charge in [0.1, 0.15) is 0 Å². The molecule has 130 valence electrons. The van der Waals surface area contributed by atoms with Crippen LogP contribution in [0.15, 0.2) is 65.3 Å². The Morgan fingerprint density at radius 1 is 0.963 bits per heavy atom. The molecule has 5 nitrogen and oxygen atoms in total. The molecule has 1 N–H and O–H groups in total. The standard InChI is InChI=1S/C22H14N2O3/c1-24-21(25)17(20(23-24)22(26)27)11-15-8-7-14-6-5-12-3-2-4-13-9-10-16(15)19(14)18(12)13/h2-11H,1H3,(H,26,27)/b17-11-. The molecule has 27 heavy (non-hydrogen) atoms. The summed E-state index contributed by atoms with van der Waals surface area (Å²) in [7, 11) is 1.45. The highest BCUT2D eigenvalue weighted by atomic mass is 16.4. The zero-order valence-electron chi connectivity index (χ0n) is 14.4. The molecule has 0 unspecified atom stereocenters. The monoisotopic (exact) mass is 354 g/mol. The number of aliphatic carboxylic acids is 1. The molecular weight excluding hydrogens is 340 g/mol. The van der Waals surface area contributed by atoms with Crippen molar-refractivity contribution in [2.24, 2.45) is 5.10 Å². The Labute approximate surface area is 154 Å². The minimum Gasteiger partial charge on any atom is -0.476 e. The van der Waals surface area contributed by atoms with Crippen LogP contribution in [-0.2, 0) is 9.59 Å². The molecule has 0 saturated heterocycles. The Hall–Kier alpha value is -3.73. The van der Waals surface area contributed by atoms with E-state index in [0.717, 1.165) is 37.5 Å². The van der Waals surface area contributed by atoms with E-state index in [2.05, 4.69) is 35.4 Å². The van der Waals surface area contributed by atoms with E-state index in [-0.39, 0.29) is 11.3 Å². The van der Waals surface area contributed by atoms with Crippen molar-refractivity contribution in [3.8, 4) is 0 Å². The molecular formula is C22H14N2O3. The number of hydrogen-bond acceptors (Lipinski definition) is 3. The van der Waals surface area contributed by atoms with Gasteiger partial charge in [0.25, 0.3) is 5.91 Å². The number of hydrazone groups is 1. The lowest BCUT2D eigenvalue weighted by Gasteiger charge is -2.12. The highest BCUT2D eigenvalue weighted by molar-refractivity contribution is 6.51. The van der Waals surface area contributed by atoms with Crippen LogP contribution in [0.5, 0.6) is 0 Å². The van der Waals surface area contributed by atoms with Crippen LogP contribution < -0.4 is 0 Å². The normalized spacial score (nSPS) is 16.2. The van der Waals surface area contributed by atoms with Gasteiger partial charge in [-0.1, -0.05) is 54.6 Å². The Balaban J connectivity index is 1.83. The van der Waals surface area contributed by atoms with Gasteiger partial charge in [-0.05, 0) is 44.0 Å². The van der Waals surface area contributed by atoms with Gasteiger partial charge in [-0.25, -0.2) is 9.80 Å². The van der Waals surface area contributed by atoms with E-state index >= 15 is 0 Å². The summed E-state index contributed by atoms with van der Waals surface area (Å²) < 4.78 is 0. The summed E-state index contributed by atoms with van der Waals surface area (Å²) in [5.41, 5.74) is 0.668. The number of carbonyl (C=O) groups excluding carboxylic acids is 1. The van der Waals surface area contributed by atoms with Crippen molar-refractivity contribution in [1.29, 1.82) is 0 Å².